The number of likely N-dealkylation sites (tertiary alicyclic amines) is 1. The second-order valence-electron chi connectivity index (χ2n) is 7.05. The van der Waals surface area contributed by atoms with Crippen LogP contribution in [0, 0.1) is 5.92 Å². The van der Waals surface area contributed by atoms with Gasteiger partial charge in [-0.1, -0.05) is 0 Å². The van der Waals surface area contributed by atoms with E-state index >= 15 is 0 Å². The molecule has 1 aromatic heterocycles. The van der Waals surface area contributed by atoms with Crippen molar-refractivity contribution in [2.45, 2.75) is 38.8 Å². The van der Waals surface area contributed by atoms with Gasteiger partial charge in [0.25, 0.3) is 5.91 Å². The Morgan fingerprint density at radius 2 is 1.81 bits per heavy atom. The van der Waals surface area contributed by atoms with Gasteiger partial charge >= 0.3 is 5.69 Å². The van der Waals surface area contributed by atoms with E-state index in [1.165, 1.54) is 0 Å². The van der Waals surface area contributed by atoms with Crippen molar-refractivity contribution < 1.29 is 9.59 Å². The van der Waals surface area contributed by atoms with Crippen molar-refractivity contribution in [2.75, 3.05) is 13.1 Å². The van der Waals surface area contributed by atoms with Crippen molar-refractivity contribution in [1.29, 1.82) is 0 Å². The van der Waals surface area contributed by atoms with Crippen LogP contribution in [0.5, 0.6) is 0 Å². The van der Waals surface area contributed by atoms with E-state index in [-0.39, 0.29) is 36.0 Å². The van der Waals surface area contributed by atoms with Crippen LogP contribution in [0.25, 0.3) is 11.0 Å². The molecule has 0 spiro atoms. The first-order valence-corrected chi connectivity index (χ1v) is 8.92. The number of carbonyl (C=O) groups excluding carboxylic acids is 2. The molecule has 0 aliphatic carbocycles. The van der Waals surface area contributed by atoms with Gasteiger partial charge in [0.05, 0.1) is 17.1 Å². The number of hydrogen-bond donors (Lipinski definition) is 4. The maximum atomic E-state index is 12.5. The summed E-state index contributed by atoms with van der Waals surface area (Å²) in [6, 6.07) is 4.59. The van der Waals surface area contributed by atoms with Gasteiger partial charge in [0.15, 0.2) is 0 Å². The average molecular weight is 396 g/mol. The molecule has 27 heavy (non-hydrogen) atoms. The topological polar surface area (TPSA) is 124 Å². The maximum Gasteiger partial charge on any atom is 0.323 e. The predicted molar refractivity (Wildman–Crippen MR) is 106 cm³/mol. The number of aromatic amines is 2. The number of nitrogens with zero attached hydrogens (tertiary/aromatic N) is 1. The number of halogens is 1. The summed E-state index contributed by atoms with van der Waals surface area (Å²) in [4.78, 5) is 42.9. The standard InChI is InChI=1S/C18H25N5O3.ClH/c1-10(19)17(25)23-7-5-12(6-8-23)11(2)20-16(24)13-3-4-14-15(9-13)22-18(26)21-14;/h3-4,9-12H,5-8,19H2,1-2H3,(H,20,24)(H2,21,22,26);1H/t10-,11?;/m0./s1. The molecule has 1 unspecified atom stereocenters. The van der Waals surface area contributed by atoms with Crippen molar-refractivity contribution in [1.82, 2.24) is 20.2 Å². The van der Waals surface area contributed by atoms with Crippen LogP contribution in [-0.4, -0.2) is 51.9 Å². The monoisotopic (exact) mass is 395 g/mol. The fourth-order valence-electron chi connectivity index (χ4n) is 3.49. The van der Waals surface area contributed by atoms with Crippen LogP contribution < -0.4 is 16.7 Å². The van der Waals surface area contributed by atoms with Crippen LogP contribution >= 0.6 is 12.4 Å². The molecular weight excluding hydrogens is 370 g/mol. The third kappa shape index (κ3) is 4.70. The van der Waals surface area contributed by atoms with Crippen LogP contribution in [0.3, 0.4) is 0 Å². The highest BCUT2D eigenvalue weighted by molar-refractivity contribution is 5.97. The highest BCUT2D eigenvalue weighted by Gasteiger charge is 2.28. The van der Waals surface area contributed by atoms with Crippen LogP contribution in [0.1, 0.15) is 37.0 Å². The van der Waals surface area contributed by atoms with Gasteiger partial charge in [-0.05, 0) is 50.8 Å². The van der Waals surface area contributed by atoms with Crippen molar-refractivity contribution in [3.63, 3.8) is 0 Å². The molecule has 2 aromatic rings. The van der Waals surface area contributed by atoms with Crippen molar-refractivity contribution in [3.8, 4) is 0 Å². The lowest BCUT2D eigenvalue weighted by atomic mass is 9.90. The van der Waals surface area contributed by atoms with Crippen molar-refractivity contribution >= 4 is 35.3 Å². The summed E-state index contributed by atoms with van der Waals surface area (Å²) in [7, 11) is 0. The largest absolute Gasteiger partial charge is 0.349 e. The molecule has 2 atom stereocenters. The van der Waals surface area contributed by atoms with Crippen molar-refractivity contribution in [3.05, 3.63) is 34.2 Å². The minimum Gasteiger partial charge on any atom is -0.349 e. The predicted octanol–water partition coefficient (Wildman–Crippen LogP) is 0.982. The van der Waals surface area contributed by atoms with E-state index in [1.807, 2.05) is 6.92 Å². The van der Waals surface area contributed by atoms with Gasteiger partial charge in [-0.25, -0.2) is 4.79 Å². The summed E-state index contributed by atoms with van der Waals surface area (Å²) in [5.41, 5.74) is 7.15. The van der Waals surface area contributed by atoms with E-state index in [2.05, 4.69) is 15.3 Å². The number of aromatic nitrogens is 2. The van der Waals surface area contributed by atoms with Gasteiger partial charge in [-0.15, -0.1) is 12.4 Å². The molecule has 8 nitrogen and oxygen atoms in total. The number of rotatable bonds is 4. The van der Waals surface area contributed by atoms with Gasteiger partial charge in [0.1, 0.15) is 0 Å². The third-order valence-corrected chi connectivity index (χ3v) is 5.08. The van der Waals surface area contributed by atoms with Crippen molar-refractivity contribution in [2.24, 2.45) is 11.7 Å². The first-order chi connectivity index (χ1) is 12.3. The molecule has 9 heteroatoms. The molecule has 1 saturated heterocycles. The number of H-pyrrole nitrogens is 2. The highest BCUT2D eigenvalue weighted by atomic mass is 35.5. The summed E-state index contributed by atoms with van der Waals surface area (Å²) in [6.45, 7) is 5.03. The number of hydrogen-bond acceptors (Lipinski definition) is 4. The molecule has 3 rings (SSSR count). The summed E-state index contributed by atoms with van der Waals surface area (Å²) < 4.78 is 0. The number of fused-ring (bicyclic) bond motifs is 1. The Morgan fingerprint density at radius 3 is 2.44 bits per heavy atom. The normalized spacial score (nSPS) is 17.2. The zero-order chi connectivity index (χ0) is 18.8. The number of carbonyl (C=O) groups is 2. The Hall–Kier alpha value is -2.32. The number of amides is 2. The lowest BCUT2D eigenvalue weighted by Gasteiger charge is -2.35. The molecule has 2 heterocycles. The Morgan fingerprint density at radius 1 is 1.19 bits per heavy atom. The molecule has 0 radical (unpaired) electrons. The quantitative estimate of drug-likeness (QED) is 0.616. The highest BCUT2D eigenvalue weighted by Crippen LogP contribution is 2.21. The Labute approximate surface area is 163 Å². The van der Waals surface area contributed by atoms with Gasteiger partial charge in [0, 0.05) is 24.7 Å². The third-order valence-electron chi connectivity index (χ3n) is 5.08. The molecule has 0 saturated carbocycles. The zero-order valence-electron chi connectivity index (χ0n) is 15.5. The number of benzene rings is 1. The van der Waals surface area contributed by atoms with E-state index < -0.39 is 6.04 Å². The Balaban J connectivity index is 0.00000261. The number of nitrogens with one attached hydrogen (secondary N) is 3. The second-order valence-corrected chi connectivity index (χ2v) is 7.05. The number of nitrogens with two attached hydrogens (primary N) is 1. The molecule has 2 amide bonds. The fraction of sp³-hybridized carbons (Fsp3) is 0.500. The minimum atomic E-state index is -0.474. The SMILES string of the molecule is CC(NC(=O)c1ccc2[nH]c(=O)[nH]c2c1)C1CCN(C(=O)[C@H](C)N)CC1.Cl. The lowest BCUT2D eigenvalue weighted by Crippen LogP contribution is -2.49. The molecule has 1 aliphatic heterocycles. The van der Waals surface area contributed by atoms with E-state index in [4.69, 9.17) is 5.73 Å². The summed E-state index contributed by atoms with van der Waals surface area (Å²) >= 11 is 0. The molecule has 1 fully saturated rings. The van der Waals surface area contributed by atoms with Crippen LogP contribution in [0.4, 0.5) is 0 Å². The average Bonchev–Trinajstić information content (AvgIpc) is 3.00. The van der Waals surface area contributed by atoms with Gasteiger partial charge in [-0.3, -0.25) is 9.59 Å². The second kappa shape index (κ2) is 8.58. The Kier molecular flexibility index (Phi) is 6.67. The van der Waals surface area contributed by atoms with E-state index in [0.29, 0.717) is 35.6 Å². The first-order valence-electron chi connectivity index (χ1n) is 8.92. The first kappa shape index (κ1) is 21.0. The van der Waals surface area contributed by atoms with Crippen LogP contribution in [0.15, 0.2) is 23.0 Å². The zero-order valence-corrected chi connectivity index (χ0v) is 16.3. The number of imidazole rings is 1. The molecule has 148 valence electrons. The Bertz CT molecular complexity index is 867. The summed E-state index contributed by atoms with van der Waals surface area (Å²) in [5.74, 6) is 0.122. The summed E-state index contributed by atoms with van der Waals surface area (Å²) in [5, 5.41) is 3.03. The fourth-order valence-corrected chi connectivity index (χ4v) is 3.49. The minimum absolute atomic E-state index is 0. The lowest BCUT2D eigenvalue weighted by molar-refractivity contribution is -0.133. The number of piperidine rings is 1. The van der Waals surface area contributed by atoms with Gasteiger partial charge in [-0.2, -0.15) is 0 Å². The van der Waals surface area contributed by atoms with Crippen LogP contribution in [-0.2, 0) is 4.79 Å². The summed E-state index contributed by atoms with van der Waals surface area (Å²) in [6.07, 6.45) is 1.67. The molecule has 0 bridgehead atoms. The molecule has 5 N–H and O–H groups in total. The van der Waals surface area contributed by atoms with Gasteiger partial charge in [0.2, 0.25) is 5.91 Å². The van der Waals surface area contributed by atoms with Gasteiger partial charge < -0.3 is 25.9 Å². The van der Waals surface area contributed by atoms with Crippen LogP contribution in [0.2, 0.25) is 0 Å². The van der Waals surface area contributed by atoms with E-state index in [1.54, 1.807) is 30.0 Å². The van der Waals surface area contributed by atoms with E-state index in [0.717, 1.165) is 12.8 Å². The molecule has 1 aromatic carbocycles. The molecular formula is C18H26ClN5O3. The smallest absolute Gasteiger partial charge is 0.323 e. The van der Waals surface area contributed by atoms with E-state index in [9.17, 15) is 14.4 Å². The maximum absolute atomic E-state index is 12.5. The molecule has 1 aliphatic rings.